The molecule has 246 valence electrons. The van der Waals surface area contributed by atoms with Gasteiger partial charge in [-0.2, -0.15) is 0 Å². The van der Waals surface area contributed by atoms with E-state index in [1.807, 2.05) is 0 Å². The smallest absolute Gasteiger partial charge is 0.0159 e. The van der Waals surface area contributed by atoms with Gasteiger partial charge in [-0.25, -0.2) is 0 Å². The maximum atomic E-state index is 2.55. The van der Waals surface area contributed by atoms with Crippen molar-refractivity contribution >= 4 is 43.1 Å². The van der Waals surface area contributed by atoms with Crippen molar-refractivity contribution in [1.29, 1.82) is 0 Å². The van der Waals surface area contributed by atoms with Crippen molar-refractivity contribution in [1.82, 2.24) is 0 Å². The Hall–Kier alpha value is -5.98. The average molecular weight is 663 g/mol. The van der Waals surface area contributed by atoms with Crippen molar-refractivity contribution in [2.24, 2.45) is 0 Å². The Morgan fingerprint density at radius 1 is 0.269 bits per heavy atom. The summed E-state index contributed by atoms with van der Waals surface area (Å²) in [7, 11) is 0. The van der Waals surface area contributed by atoms with Crippen LogP contribution in [0.5, 0.6) is 0 Å². The summed E-state index contributed by atoms with van der Waals surface area (Å²) < 4.78 is 0. The summed E-state index contributed by atoms with van der Waals surface area (Å²) in [6.07, 6.45) is 0. The number of rotatable bonds is 2. The third-order valence-electron chi connectivity index (χ3n) is 12.6. The minimum absolute atomic E-state index is 0.116. The molecule has 0 radical (unpaired) electrons. The van der Waals surface area contributed by atoms with Gasteiger partial charge in [0.2, 0.25) is 0 Å². The summed E-state index contributed by atoms with van der Waals surface area (Å²) in [6.45, 7) is 9.69. The van der Waals surface area contributed by atoms with Gasteiger partial charge in [0, 0.05) is 10.8 Å². The van der Waals surface area contributed by atoms with E-state index in [2.05, 4.69) is 185 Å². The molecule has 11 rings (SSSR count). The largest absolute Gasteiger partial charge is 0.0622 e. The molecule has 0 heteroatoms. The van der Waals surface area contributed by atoms with E-state index in [1.165, 1.54) is 110 Å². The number of hydrogen-bond donors (Lipinski definition) is 0. The Morgan fingerprint density at radius 3 is 1.46 bits per heavy atom. The predicted molar refractivity (Wildman–Crippen MR) is 222 cm³/mol. The molecule has 52 heavy (non-hydrogen) atoms. The fourth-order valence-corrected chi connectivity index (χ4v) is 9.87. The van der Waals surface area contributed by atoms with Crippen LogP contribution >= 0.6 is 0 Å². The molecule has 0 saturated carbocycles. The van der Waals surface area contributed by atoms with Gasteiger partial charge >= 0.3 is 0 Å². The van der Waals surface area contributed by atoms with E-state index in [9.17, 15) is 0 Å². The van der Waals surface area contributed by atoms with Crippen LogP contribution in [0.15, 0.2) is 158 Å². The van der Waals surface area contributed by atoms with E-state index in [-0.39, 0.29) is 10.8 Å². The normalized spacial score (nSPS) is 14.8. The lowest BCUT2D eigenvalue weighted by atomic mass is 9.79. The van der Waals surface area contributed by atoms with Gasteiger partial charge in [0.05, 0.1) is 0 Å². The first-order valence-electron chi connectivity index (χ1n) is 18.6. The standard InChI is InChI=1S/C52H38/c1-51(2)47-26-34(35-20-12-15-33-25-32(21-23-36(33)35)31-13-6-5-7-14-31)22-24-41(47)45-29-50-46(30-49(45)51)44-27-42-39-18-10-8-16-37(39)38-17-9-11-19-40(38)43(42)28-48(44)52(50,3)4/h5-30H,1-4H3. The summed E-state index contributed by atoms with van der Waals surface area (Å²) in [6, 6.07) is 59.5. The Bertz CT molecular complexity index is 2990. The Labute approximate surface area is 305 Å². The van der Waals surface area contributed by atoms with Crippen LogP contribution in [0.3, 0.4) is 0 Å². The van der Waals surface area contributed by atoms with E-state index in [4.69, 9.17) is 0 Å². The predicted octanol–water partition coefficient (Wildman–Crippen LogP) is 14.2. The van der Waals surface area contributed by atoms with E-state index >= 15 is 0 Å². The molecule has 2 aliphatic carbocycles. The van der Waals surface area contributed by atoms with Gasteiger partial charge in [0.15, 0.2) is 0 Å². The van der Waals surface area contributed by atoms with Gasteiger partial charge in [-0.15, -0.1) is 0 Å². The molecule has 0 heterocycles. The molecular weight excluding hydrogens is 625 g/mol. The highest BCUT2D eigenvalue weighted by atomic mass is 14.4. The van der Waals surface area contributed by atoms with Crippen molar-refractivity contribution in [3.05, 3.63) is 180 Å². The van der Waals surface area contributed by atoms with Crippen LogP contribution in [0.4, 0.5) is 0 Å². The molecule has 0 saturated heterocycles. The molecule has 2 aliphatic rings. The lowest BCUT2D eigenvalue weighted by Gasteiger charge is -2.24. The van der Waals surface area contributed by atoms with E-state index < -0.39 is 0 Å². The van der Waals surface area contributed by atoms with Gasteiger partial charge in [-0.05, 0) is 146 Å². The van der Waals surface area contributed by atoms with E-state index in [0.29, 0.717) is 0 Å². The average Bonchev–Trinajstić information content (AvgIpc) is 3.54. The van der Waals surface area contributed by atoms with Crippen LogP contribution < -0.4 is 0 Å². The molecule has 0 spiro atoms. The fraction of sp³-hybridized carbons (Fsp3) is 0.115. The zero-order chi connectivity index (χ0) is 34.9. The van der Waals surface area contributed by atoms with Crippen LogP contribution in [0.2, 0.25) is 0 Å². The fourth-order valence-electron chi connectivity index (χ4n) is 9.87. The molecule has 0 bridgehead atoms. The van der Waals surface area contributed by atoms with Crippen LogP contribution in [-0.4, -0.2) is 0 Å². The van der Waals surface area contributed by atoms with Gasteiger partial charge in [0.1, 0.15) is 0 Å². The monoisotopic (exact) mass is 662 g/mol. The number of hydrogen-bond acceptors (Lipinski definition) is 0. The highest BCUT2D eigenvalue weighted by Crippen LogP contribution is 2.57. The SMILES string of the molecule is CC1(C)c2cc(-c3cccc4cc(-c5ccccc5)ccc34)ccc2-c2cc3c(cc21)-c1cc2c4ccccc4c4ccccc4c2cc1C3(C)C. The van der Waals surface area contributed by atoms with Crippen LogP contribution in [0, 0.1) is 0 Å². The molecule has 0 fully saturated rings. The van der Waals surface area contributed by atoms with Crippen LogP contribution in [0.25, 0.3) is 87.6 Å². The van der Waals surface area contributed by atoms with Crippen molar-refractivity contribution in [3.8, 4) is 44.5 Å². The topological polar surface area (TPSA) is 0 Å². The molecule has 0 unspecified atom stereocenters. The molecule has 0 N–H and O–H groups in total. The molecule has 9 aromatic rings. The van der Waals surface area contributed by atoms with Gasteiger partial charge < -0.3 is 0 Å². The highest BCUT2D eigenvalue weighted by molar-refractivity contribution is 6.26. The second-order valence-corrected chi connectivity index (χ2v) is 16.1. The van der Waals surface area contributed by atoms with Crippen molar-refractivity contribution < 1.29 is 0 Å². The summed E-state index contributed by atoms with van der Waals surface area (Å²) in [5.41, 5.74) is 16.1. The van der Waals surface area contributed by atoms with E-state index in [1.54, 1.807) is 0 Å². The van der Waals surface area contributed by atoms with Crippen molar-refractivity contribution in [2.45, 2.75) is 38.5 Å². The molecular formula is C52H38. The summed E-state index contributed by atoms with van der Waals surface area (Å²) in [5, 5.41) is 10.6. The summed E-state index contributed by atoms with van der Waals surface area (Å²) >= 11 is 0. The van der Waals surface area contributed by atoms with Crippen molar-refractivity contribution in [3.63, 3.8) is 0 Å². The Kier molecular flexibility index (Phi) is 5.89. The minimum atomic E-state index is -0.132. The van der Waals surface area contributed by atoms with Crippen LogP contribution in [0.1, 0.15) is 49.9 Å². The van der Waals surface area contributed by atoms with Crippen LogP contribution in [-0.2, 0) is 10.8 Å². The molecule has 0 aromatic heterocycles. The lowest BCUT2D eigenvalue weighted by Crippen LogP contribution is -2.17. The quantitative estimate of drug-likeness (QED) is 0.162. The molecule has 9 aromatic carbocycles. The van der Waals surface area contributed by atoms with Gasteiger partial charge in [-0.3, -0.25) is 0 Å². The maximum Gasteiger partial charge on any atom is 0.0159 e. The van der Waals surface area contributed by atoms with E-state index in [0.717, 1.165) is 0 Å². The third kappa shape index (κ3) is 3.93. The second kappa shape index (κ2) is 10.3. The molecule has 0 nitrogen and oxygen atoms in total. The number of benzene rings is 9. The van der Waals surface area contributed by atoms with Gasteiger partial charge in [0.25, 0.3) is 0 Å². The van der Waals surface area contributed by atoms with Crippen molar-refractivity contribution in [2.75, 3.05) is 0 Å². The summed E-state index contributed by atoms with van der Waals surface area (Å²) in [4.78, 5) is 0. The lowest BCUT2D eigenvalue weighted by molar-refractivity contribution is 0.652. The first-order valence-corrected chi connectivity index (χ1v) is 18.6. The maximum absolute atomic E-state index is 2.55. The minimum Gasteiger partial charge on any atom is -0.0622 e. The first kappa shape index (κ1) is 29.7. The zero-order valence-electron chi connectivity index (χ0n) is 30.0. The summed E-state index contributed by atoms with van der Waals surface area (Å²) in [5.74, 6) is 0. The number of fused-ring (bicyclic) bond motifs is 13. The highest BCUT2D eigenvalue weighted by Gasteiger charge is 2.42. The Balaban J connectivity index is 1.07. The first-order chi connectivity index (χ1) is 25.3. The second-order valence-electron chi connectivity index (χ2n) is 16.1. The molecule has 0 atom stereocenters. The Morgan fingerprint density at radius 2 is 0.788 bits per heavy atom. The molecule has 0 aliphatic heterocycles. The third-order valence-corrected chi connectivity index (χ3v) is 12.6. The zero-order valence-corrected chi connectivity index (χ0v) is 30.0. The molecule has 0 amide bonds. The van der Waals surface area contributed by atoms with Gasteiger partial charge in [-0.1, -0.05) is 149 Å².